The van der Waals surface area contributed by atoms with E-state index in [4.69, 9.17) is 0 Å². The molecule has 7 nitrogen and oxygen atoms in total. The first-order valence-corrected chi connectivity index (χ1v) is 9.56. The van der Waals surface area contributed by atoms with Crippen LogP contribution in [0, 0.1) is 0 Å². The Bertz CT molecular complexity index is 837. The van der Waals surface area contributed by atoms with Gasteiger partial charge in [0, 0.05) is 15.7 Å². The number of benzene rings is 2. The molecule has 2 aromatic rings. The third kappa shape index (κ3) is 5.07. The van der Waals surface area contributed by atoms with Crippen molar-refractivity contribution in [2.45, 2.75) is 35.8 Å². The van der Waals surface area contributed by atoms with Crippen molar-refractivity contribution in [2.75, 3.05) is 5.32 Å². The van der Waals surface area contributed by atoms with Gasteiger partial charge in [-0.2, -0.15) is 0 Å². The van der Waals surface area contributed by atoms with E-state index in [1.165, 1.54) is 37.8 Å². The number of hydrogen-bond donors (Lipinski definition) is 5. The van der Waals surface area contributed by atoms with Gasteiger partial charge in [0.1, 0.15) is 0 Å². The van der Waals surface area contributed by atoms with Crippen molar-refractivity contribution in [1.29, 1.82) is 0 Å². The molecule has 0 unspecified atom stereocenters. The number of phenolic OH excluding ortho intramolecular Hbond substituents is 2. The standard InChI is InChI=1S/C19H21N3O4S/c23-15-10-9-12(11-16(15)24)18(25)21-22-19(26)20-14-7-3-4-8-17(14)27-13-5-1-2-6-13/h3-4,7-11,13,23-24H,1-2,5-6H2,(H,21,25)(H2,20,22,26). The van der Waals surface area contributed by atoms with Crippen molar-refractivity contribution >= 4 is 29.4 Å². The Morgan fingerprint density at radius 1 is 0.963 bits per heavy atom. The van der Waals surface area contributed by atoms with Gasteiger partial charge in [-0.15, -0.1) is 11.8 Å². The molecule has 1 fully saturated rings. The second-order valence-electron chi connectivity index (χ2n) is 6.26. The molecule has 1 saturated carbocycles. The molecular weight excluding hydrogens is 366 g/mol. The van der Waals surface area contributed by atoms with E-state index in [0.717, 1.165) is 11.0 Å². The molecule has 1 aliphatic rings. The number of para-hydroxylation sites is 1. The zero-order valence-electron chi connectivity index (χ0n) is 14.6. The lowest BCUT2D eigenvalue weighted by Crippen LogP contribution is -2.43. The van der Waals surface area contributed by atoms with Crippen LogP contribution in [0.15, 0.2) is 47.4 Å². The van der Waals surface area contributed by atoms with Crippen molar-refractivity contribution < 1.29 is 19.8 Å². The van der Waals surface area contributed by atoms with E-state index in [1.807, 2.05) is 24.3 Å². The number of carbonyl (C=O) groups is 2. The molecule has 0 bridgehead atoms. The van der Waals surface area contributed by atoms with Gasteiger partial charge >= 0.3 is 6.03 Å². The Hall–Kier alpha value is -2.87. The highest BCUT2D eigenvalue weighted by atomic mass is 32.2. The number of nitrogens with one attached hydrogen (secondary N) is 3. The Kier molecular flexibility index (Phi) is 6.08. The summed E-state index contributed by atoms with van der Waals surface area (Å²) in [5.74, 6) is -1.35. The fourth-order valence-corrected chi connectivity index (χ4v) is 4.19. The maximum atomic E-state index is 12.1. The molecular formula is C19H21N3O4S. The predicted octanol–water partition coefficient (Wildman–Crippen LogP) is 3.60. The van der Waals surface area contributed by atoms with Gasteiger partial charge in [-0.1, -0.05) is 25.0 Å². The van der Waals surface area contributed by atoms with Crippen molar-refractivity contribution in [3.05, 3.63) is 48.0 Å². The molecule has 142 valence electrons. The highest BCUT2D eigenvalue weighted by Crippen LogP contribution is 2.37. The van der Waals surface area contributed by atoms with Crippen LogP contribution in [0.1, 0.15) is 36.0 Å². The lowest BCUT2D eigenvalue weighted by Gasteiger charge is -2.14. The molecule has 5 N–H and O–H groups in total. The topological polar surface area (TPSA) is 111 Å². The van der Waals surface area contributed by atoms with Crippen LogP contribution in [-0.2, 0) is 0 Å². The maximum absolute atomic E-state index is 12.1. The van der Waals surface area contributed by atoms with E-state index in [9.17, 15) is 19.8 Å². The van der Waals surface area contributed by atoms with Crippen LogP contribution in [0.5, 0.6) is 11.5 Å². The monoisotopic (exact) mass is 387 g/mol. The normalized spacial score (nSPS) is 13.9. The first-order chi connectivity index (χ1) is 13.0. The summed E-state index contributed by atoms with van der Waals surface area (Å²) in [6.07, 6.45) is 4.85. The molecule has 27 heavy (non-hydrogen) atoms. The fraction of sp³-hybridized carbons (Fsp3) is 0.263. The molecule has 0 spiro atoms. The van der Waals surface area contributed by atoms with Crippen molar-refractivity contribution in [1.82, 2.24) is 10.9 Å². The van der Waals surface area contributed by atoms with Gasteiger partial charge in [0.05, 0.1) is 5.69 Å². The average Bonchev–Trinajstić information content (AvgIpc) is 3.17. The minimum Gasteiger partial charge on any atom is -0.504 e. The van der Waals surface area contributed by atoms with E-state index in [-0.39, 0.29) is 11.3 Å². The van der Waals surface area contributed by atoms with Crippen molar-refractivity contribution in [3.8, 4) is 11.5 Å². The molecule has 0 radical (unpaired) electrons. The highest BCUT2D eigenvalue weighted by Gasteiger charge is 2.18. The summed E-state index contributed by atoms with van der Waals surface area (Å²) in [6.45, 7) is 0. The van der Waals surface area contributed by atoms with Crippen LogP contribution in [-0.4, -0.2) is 27.4 Å². The van der Waals surface area contributed by atoms with Crippen LogP contribution in [0.2, 0.25) is 0 Å². The first kappa shape index (κ1) is 18.9. The molecule has 0 aliphatic heterocycles. The third-order valence-electron chi connectivity index (χ3n) is 4.26. The Labute approximate surface area is 161 Å². The molecule has 2 aromatic carbocycles. The fourth-order valence-electron chi connectivity index (χ4n) is 2.86. The summed E-state index contributed by atoms with van der Waals surface area (Å²) < 4.78 is 0. The maximum Gasteiger partial charge on any atom is 0.337 e. The number of rotatable bonds is 4. The molecule has 8 heteroatoms. The van der Waals surface area contributed by atoms with E-state index in [2.05, 4.69) is 16.2 Å². The second kappa shape index (κ2) is 8.68. The van der Waals surface area contributed by atoms with Gasteiger partial charge in [-0.05, 0) is 43.2 Å². The average molecular weight is 387 g/mol. The number of carbonyl (C=O) groups excluding carboxylic acids is 2. The largest absolute Gasteiger partial charge is 0.504 e. The van der Waals surface area contributed by atoms with E-state index in [0.29, 0.717) is 10.9 Å². The summed E-state index contributed by atoms with van der Waals surface area (Å²) in [5, 5.41) is 22.0. The summed E-state index contributed by atoms with van der Waals surface area (Å²) in [5.41, 5.74) is 5.32. The Morgan fingerprint density at radius 2 is 1.70 bits per heavy atom. The van der Waals surface area contributed by atoms with Gasteiger partial charge in [0.15, 0.2) is 11.5 Å². The predicted molar refractivity (Wildman–Crippen MR) is 104 cm³/mol. The van der Waals surface area contributed by atoms with Crippen LogP contribution < -0.4 is 16.2 Å². The number of urea groups is 1. The summed E-state index contributed by atoms with van der Waals surface area (Å²) >= 11 is 1.76. The first-order valence-electron chi connectivity index (χ1n) is 8.68. The summed E-state index contributed by atoms with van der Waals surface area (Å²) in [6, 6.07) is 10.6. The van der Waals surface area contributed by atoms with Crippen LogP contribution in [0.3, 0.4) is 0 Å². The number of anilines is 1. The summed E-state index contributed by atoms with van der Waals surface area (Å²) in [7, 11) is 0. The number of hydrazine groups is 1. The zero-order chi connectivity index (χ0) is 19.2. The number of amides is 3. The van der Waals surface area contributed by atoms with Gasteiger partial charge in [-0.25, -0.2) is 10.2 Å². The van der Waals surface area contributed by atoms with Gasteiger partial charge in [-0.3, -0.25) is 10.2 Å². The van der Waals surface area contributed by atoms with Crippen LogP contribution in [0.25, 0.3) is 0 Å². The SMILES string of the molecule is O=C(NNC(=O)c1ccc(O)c(O)c1)Nc1ccccc1SC1CCCC1. The van der Waals surface area contributed by atoms with Crippen molar-refractivity contribution in [3.63, 3.8) is 0 Å². The quantitative estimate of drug-likeness (QED) is 0.407. The van der Waals surface area contributed by atoms with E-state index < -0.39 is 17.7 Å². The van der Waals surface area contributed by atoms with E-state index in [1.54, 1.807) is 11.8 Å². The molecule has 3 rings (SSSR count). The van der Waals surface area contributed by atoms with Crippen LogP contribution in [0.4, 0.5) is 10.5 Å². The Morgan fingerprint density at radius 3 is 2.44 bits per heavy atom. The molecule has 0 heterocycles. The number of hydrogen-bond acceptors (Lipinski definition) is 5. The van der Waals surface area contributed by atoms with Gasteiger partial charge in [0.25, 0.3) is 5.91 Å². The van der Waals surface area contributed by atoms with Gasteiger partial charge in [0.2, 0.25) is 0 Å². The van der Waals surface area contributed by atoms with Gasteiger partial charge < -0.3 is 15.5 Å². The smallest absolute Gasteiger partial charge is 0.337 e. The molecule has 0 saturated heterocycles. The highest BCUT2D eigenvalue weighted by molar-refractivity contribution is 8.00. The Balaban J connectivity index is 1.56. The third-order valence-corrected chi connectivity index (χ3v) is 5.67. The second-order valence-corrected chi connectivity index (χ2v) is 7.60. The minimum absolute atomic E-state index is 0.0998. The zero-order valence-corrected chi connectivity index (χ0v) is 15.4. The molecule has 3 amide bonds. The summed E-state index contributed by atoms with van der Waals surface area (Å²) in [4.78, 5) is 25.1. The molecule has 0 atom stereocenters. The molecule has 0 aromatic heterocycles. The lowest BCUT2D eigenvalue weighted by atomic mass is 10.2. The number of aromatic hydroxyl groups is 2. The molecule has 1 aliphatic carbocycles. The van der Waals surface area contributed by atoms with Crippen molar-refractivity contribution in [2.24, 2.45) is 0 Å². The lowest BCUT2D eigenvalue weighted by molar-refractivity contribution is 0.0937. The number of phenols is 2. The van der Waals surface area contributed by atoms with E-state index >= 15 is 0 Å². The minimum atomic E-state index is -0.617. The van der Waals surface area contributed by atoms with Crippen LogP contribution >= 0.6 is 11.8 Å². The number of thioether (sulfide) groups is 1.